The molecule has 1 aliphatic rings. The average molecular weight is 297 g/mol. The van der Waals surface area contributed by atoms with Crippen molar-refractivity contribution in [2.75, 3.05) is 26.7 Å². The highest BCUT2D eigenvalue weighted by atomic mass is 16.2. The van der Waals surface area contributed by atoms with Crippen LogP contribution < -0.4 is 16.0 Å². The number of imide groups is 1. The zero-order valence-electron chi connectivity index (χ0n) is 13.4. The lowest BCUT2D eigenvalue weighted by Gasteiger charge is -2.19. The van der Waals surface area contributed by atoms with Crippen molar-refractivity contribution < 1.29 is 9.59 Å². The molecule has 0 bridgehead atoms. The lowest BCUT2D eigenvalue weighted by Crippen LogP contribution is -2.45. The van der Waals surface area contributed by atoms with Crippen LogP contribution in [0.1, 0.15) is 33.6 Å². The number of aliphatic imine (C=N–C) groups is 1. The van der Waals surface area contributed by atoms with Gasteiger partial charge in [0.15, 0.2) is 5.96 Å². The normalized spacial score (nSPS) is 17.2. The minimum atomic E-state index is -0.324. The van der Waals surface area contributed by atoms with Crippen molar-refractivity contribution in [3.63, 3.8) is 0 Å². The van der Waals surface area contributed by atoms with Crippen LogP contribution in [0.15, 0.2) is 4.99 Å². The third-order valence-corrected chi connectivity index (χ3v) is 3.35. The van der Waals surface area contributed by atoms with Gasteiger partial charge in [-0.15, -0.1) is 0 Å². The highest BCUT2D eigenvalue weighted by molar-refractivity contribution is 6.01. The Balaban J connectivity index is 2.28. The van der Waals surface area contributed by atoms with Gasteiger partial charge in [-0.3, -0.25) is 14.7 Å². The number of amides is 3. The lowest BCUT2D eigenvalue weighted by atomic mass is 10.0. The van der Waals surface area contributed by atoms with Gasteiger partial charge in [0, 0.05) is 26.2 Å². The van der Waals surface area contributed by atoms with Crippen molar-refractivity contribution in [2.24, 2.45) is 10.9 Å². The Hall–Kier alpha value is -1.79. The number of guanidine groups is 1. The molecule has 0 aromatic rings. The van der Waals surface area contributed by atoms with E-state index in [1.807, 2.05) is 0 Å². The maximum absolute atomic E-state index is 11.4. The van der Waals surface area contributed by atoms with Crippen LogP contribution >= 0.6 is 0 Å². The van der Waals surface area contributed by atoms with Crippen molar-refractivity contribution in [3.05, 3.63) is 0 Å². The van der Waals surface area contributed by atoms with E-state index in [9.17, 15) is 9.59 Å². The van der Waals surface area contributed by atoms with E-state index in [1.54, 1.807) is 7.05 Å². The molecule has 1 rings (SSSR count). The van der Waals surface area contributed by atoms with Crippen molar-refractivity contribution >= 4 is 17.9 Å². The molecule has 1 atom stereocenters. The highest BCUT2D eigenvalue weighted by Gasteiger charge is 2.27. The van der Waals surface area contributed by atoms with E-state index < -0.39 is 0 Å². The summed E-state index contributed by atoms with van der Waals surface area (Å²) in [5, 5.41) is 8.92. The Morgan fingerprint density at radius 2 is 2.05 bits per heavy atom. The minimum Gasteiger partial charge on any atom is -0.355 e. The second-order valence-corrected chi connectivity index (χ2v) is 5.72. The molecule has 0 saturated carbocycles. The Morgan fingerprint density at radius 3 is 2.57 bits per heavy atom. The molecule has 1 aliphatic heterocycles. The Labute approximate surface area is 126 Å². The minimum absolute atomic E-state index is 0.0953. The number of hydrogen-bond donors (Lipinski definition) is 3. The third-order valence-electron chi connectivity index (χ3n) is 3.35. The van der Waals surface area contributed by atoms with Crippen LogP contribution in [0.5, 0.6) is 0 Å². The first-order valence-electron chi connectivity index (χ1n) is 7.49. The fourth-order valence-electron chi connectivity index (χ4n) is 2.05. The van der Waals surface area contributed by atoms with Crippen LogP contribution in [-0.4, -0.2) is 55.5 Å². The molecule has 3 amide bonds. The number of urea groups is 1. The number of nitrogens with zero attached hydrogens (tertiary/aromatic N) is 2. The molecule has 1 saturated heterocycles. The summed E-state index contributed by atoms with van der Waals surface area (Å²) in [6, 6.07) is 0.00497. The van der Waals surface area contributed by atoms with Crippen LogP contribution in [0.3, 0.4) is 0 Å². The second kappa shape index (κ2) is 8.49. The number of hydrogen-bond acceptors (Lipinski definition) is 3. The molecule has 7 heteroatoms. The van der Waals surface area contributed by atoms with Crippen molar-refractivity contribution in [1.29, 1.82) is 0 Å². The van der Waals surface area contributed by atoms with Gasteiger partial charge in [-0.2, -0.15) is 0 Å². The molecule has 21 heavy (non-hydrogen) atoms. The molecule has 0 radical (unpaired) electrons. The fourth-order valence-corrected chi connectivity index (χ4v) is 2.05. The third kappa shape index (κ3) is 6.01. The first-order valence-corrected chi connectivity index (χ1v) is 7.49. The smallest absolute Gasteiger partial charge is 0.324 e. The molecule has 0 spiro atoms. The van der Waals surface area contributed by atoms with Gasteiger partial charge in [-0.1, -0.05) is 13.8 Å². The summed E-state index contributed by atoms with van der Waals surface area (Å²) < 4.78 is 0. The number of rotatable bonds is 7. The van der Waals surface area contributed by atoms with Gasteiger partial charge in [-0.05, 0) is 25.7 Å². The molecule has 1 fully saturated rings. The molecule has 0 aromatic carbocycles. The van der Waals surface area contributed by atoms with Crippen LogP contribution in [0.4, 0.5) is 4.79 Å². The van der Waals surface area contributed by atoms with Gasteiger partial charge in [0.25, 0.3) is 0 Å². The zero-order valence-corrected chi connectivity index (χ0v) is 13.4. The molecule has 3 N–H and O–H groups in total. The summed E-state index contributed by atoms with van der Waals surface area (Å²) >= 11 is 0. The SMILES string of the molecule is CN=C(NCCN1C(=O)CNC1=O)NC(C)CCC(C)C. The van der Waals surface area contributed by atoms with Crippen LogP contribution in [0.25, 0.3) is 0 Å². The van der Waals surface area contributed by atoms with Crippen LogP contribution in [0, 0.1) is 5.92 Å². The topological polar surface area (TPSA) is 85.8 Å². The van der Waals surface area contributed by atoms with E-state index in [2.05, 4.69) is 41.7 Å². The largest absolute Gasteiger partial charge is 0.355 e. The van der Waals surface area contributed by atoms with Crippen molar-refractivity contribution in [3.8, 4) is 0 Å². The summed E-state index contributed by atoms with van der Waals surface area (Å²) in [5.74, 6) is 1.19. The van der Waals surface area contributed by atoms with Gasteiger partial charge in [-0.25, -0.2) is 4.79 Å². The van der Waals surface area contributed by atoms with Gasteiger partial charge >= 0.3 is 6.03 Å². The second-order valence-electron chi connectivity index (χ2n) is 5.72. The molecule has 1 unspecified atom stereocenters. The Morgan fingerprint density at radius 1 is 1.33 bits per heavy atom. The Bertz CT molecular complexity index is 379. The summed E-state index contributed by atoms with van der Waals surface area (Å²) in [6.07, 6.45) is 2.24. The lowest BCUT2D eigenvalue weighted by molar-refractivity contribution is -0.124. The molecule has 0 aliphatic carbocycles. The molecule has 120 valence electrons. The average Bonchev–Trinajstić information content (AvgIpc) is 2.75. The summed E-state index contributed by atoms with van der Waals surface area (Å²) in [7, 11) is 1.71. The molecule has 1 heterocycles. The van der Waals surface area contributed by atoms with Gasteiger partial charge in [0.05, 0.1) is 6.54 Å². The number of carbonyl (C=O) groups excluding carboxylic acids is 2. The van der Waals surface area contributed by atoms with Crippen LogP contribution in [-0.2, 0) is 4.79 Å². The maximum atomic E-state index is 11.4. The summed E-state index contributed by atoms with van der Waals surface area (Å²) in [5.41, 5.74) is 0. The fraction of sp³-hybridized carbons (Fsp3) is 0.786. The standard InChI is InChI=1S/C14H27N5O2/c1-10(2)5-6-11(3)18-13(15-4)16-7-8-19-12(20)9-17-14(19)21/h10-11H,5-9H2,1-4H3,(H,17,21)(H2,15,16,18). The predicted molar refractivity (Wildman–Crippen MR) is 83.1 cm³/mol. The number of nitrogens with one attached hydrogen (secondary N) is 3. The zero-order chi connectivity index (χ0) is 15.8. The van der Waals surface area contributed by atoms with E-state index in [0.29, 0.717) is 31.0 Å². The van der Waals surface area contributed by atoms with E-state index in [-0.39, 0.29) is 18.5 Å². The van der Waals surface area contributed by atoms with E-state index in [0.717, 1.165) is 12.8 Å². The summed E-state index contributed by atoms with van der Waals surface area (Å²) in [6.45, 7) is 7.45. The van der Waals surface area contributed by atoms with Crippen molar-refractivity contribution in [1.82, 2.24) is 20.9 Å². The van der Waals surface area contributed by atoms with E-state index in [4.69, 9.17) is 0 Å². The molecular formula is C14H27N5O2. The highest BCUT2D eigenvalue weighted by Crippen LogP contribution is 2.06. The molecule has 0 aromatic heterocycles. The van der Waals surface area contributed by atoms with Crippen molar-refractivity contribution in [2.45, 2.75) is 39.7 Å². The molecular weight excluding hydrogens is 270 g/mol. The van der Waals surface area contributed by atoms with E-state index >= 15 is 0 Å². The monoisotopic (exact) mass is 297 g/mol. The van der Waals surface area contributed by atoms with Gasteiger partial charge < -0.3 is 16.0 Å². The van der Waals surface area contributed by atoms with Gasteiger partial charge in [0.1, 0.15) is 0 Å². The number of carbonyl (C=O) groups is 2. The summed E-state index contributed by atoms with van der Waals surface area (Å²) in [4.78, 5) is 28.2. The van der Waals surface area contributed by atoms with E-state index in [1.165, 1.54) is 4.90 Å². The Kier molecular flexibility index (Phi) is 6.98. The van der Waals surface area contributed by atoms with Gasteiger partial charge in [0.2, 0.25) is 5.91 Å². The predicted octanol–water partition coefficient (Wildman–Crippen LogP) is 0.528. The first-order chi connectivity index (χ1) is 9.93. The maximum Gasteiger partial charge on any atom is 0.324 e. The molecule has 7 nitrogen and oxygen atoms in total. The first kappa shape index (κ1) is 17.3. The quantitative estimate of drug-likeness (QED) is 0.363. The van der Waals surface area contributed by atoms with Crippen LogP contribution in [0.2, 0.25) is 0 Å².